The average Bonchev–Trinajstić information content (AvgIpc) is 2.63. The quantitative estimate of drug-likeness (QED) is 0.744. The Hall–Kier alpha value is -2.24. The Balaban J connectivity index is 1.84. The summed E-state index contributed by atoms with van der Waals surface area (Å²) in [5, 5.41) is 21.2. The molecule has 3 rings (SSSR count). The maximum atomic E-state index is 13.0. The molecule has 2 N–H and O–H groups in total. The number of amides is 1. The summed E-state index contributed by atoms with van der Waals surface area (Å²) in [6.45, 7) is 5.58. The number of aryl methyl sites for hydroxylation is 1. The van der Waals surface area contributed by atoms with Crippen LogP contribution in [0, 0.1) is 0 Å². The third-order valence-electron chi connectivity index (χ3n) is 5.06. The molecule has 0 aromatic heterocycles. The van der Waals surface area contributed by atoms with E-state index in [0.29, 0.717) is 17.0 Å². The van der Waals surface area contributed by atoms with Crippen molar-refractivity contribution < 1.29 is 19.7 Å². The second-order valence-electron chi connectivity index (χ2n) is 8.55. The van der Waals surface area contributed by atoms with Gasteiger partial charge in [-0.2, -0.15) is 0 Å². The summed E-state index contributed by atoms with van der Waals surface area (Å²) in [6, 6.07) is 12.3. The Kier molecular flexibility index (Phi) is 6.39. The molecule has 29 heavy (non-hydrogen) atoms. The Bertz CT molecular complexity index is 877. The summed E-state index contributed by atoms with van der Waals surface area (Å²) < 4.78 is 5.63. The van der Waals surface area contributed by atoms with Gasteiger partial charge in [-0.15, -0.1) is 0 Å². The highest BCUT2D eigenvalue weighted by molar-refractivity contribution is 6.30. The standard InChI is InChI=1S/C23H28ClNO4/c1-23(2,3)29-22(28)25(14-21(27)16-5-4-6-18(24)11-16)19-9-7-15-8-10-20(26)13-17(15)12-19/h4-6,8,10-11,13,19,21,26-27H,7,9,12,14H2,1-3H3/t19-,21-/m1/s1. The molecule has 0 saturated heterocycles. The molecule has 0 saturated carbocycles. The molecule has 1 amide bonds. The maximum Gasteiger partial charge on any atom is 0.410 e. The molecular weight excluding hydrogens is 390 g/mol. The number of carbonyl (C=O) groups excluding carboxylic acids is 1. The number of nitrogens with zero attached hydrogens (tertiary/aromatic N) is 1. The summed E-state index contributed by atoms with van der Waals surface area (Å²) in [5.41, 5.74) is 2.21. The molecule has 2 atom stereocenters. The minimum atomic E-state index is -0.883. The molecule has 0 fully saturated rings. The van der Waals surface area contributed by atoms with Crippen LogP contribution in [0.5, 0.6) is 5.75 Å². The molecule has 0 radical (unpaired) electrons. The van der Waals surface area contributed by atoms with E-state index < -0.39 is 17.8 Å². The number of halogens is 1. The fourth-order valence-corrected chi connectivity index (χ4v) is 3.89. The van der Waals surface area contributed by atoms with Gasteiger partial charge in [-0.1, -0.05) is 29.8 Å². The Morgan fingerprint density at radius 2 is 2.00 bits per heavy atom. The smallest absolute Gasteiger partial charge is 0.410 e. The number of benzene rings is 2. The molecule has 5 nitrogen and oxygen atoms in total. The van der Waals surface area contributed by atoms with Crippen molar-refractivity contribution in [2.24, 2.45) is 0 Å². The molecule has 2 aromatic rings. The van der Waals surface area contributed by atoms with Gasteiger partial charge in [-0.05, 0) is 81.0 Å². The van der Waals surface area contributed by atoms with Crippen LogP contribution in [0.15, 0.2) is 42.5 Å². The molecule has 156 valence electrons. The van der Waals surface area contributed by atoms with Gasteiger partial charge in [0, 0.05) is 11.1 Å². The van der Waals surface area contributed by atoms with E-state index in [9.17, 15) is 15.0 Å². The van der Waals surface area contributed by atoms with Crippen LogP contribution in [0.2, 0.25) is 5.02 Å². The van der Waals surface area contributed by atoms with Gasteiger partial charge in [-0.25, -0.2) is 4.79 Å². The summed E-state index contributed by atoms with van der Waals surface area (Å²) in [7, 11) is 0. The number of hydrogen-bond donors (Lipinski definition) is 2. The van der Waals surface area contributed by atoms with Crippen LogP contribution in [0.25, 0.3) is 0 Å². The van der Waals surface area contributed by atoms with E-state index in [2.05, 4.69) is 0 Å². The highest BCUT2D eigenvalue weighted by Gasteiger charge is 2.32. The van der Waals surface area contributed by atoms with Crippen molar-refractivity contribution in [3.63, 3.8) is 0 Å². The third-order valence-corrected chi connectivity index (χ3v) is 5.30. The van der Waals surface area contributed by atoms with E-state index in [1.807, 2.05) is 26.8 Å². The molecule has 1 aliphatic rings. The van der Waals surface area contributed by atoms with Crippen molar-refractivity contribution in [2.75, 3.05) is 6.54 Å². The molecule has 0 unspecified atom stereocenters. The third kappa shape index (κ3) is 5.64. The van der Waals surface area contributed by atoms with Gasteiger partial charge in [0.25, 0.3) is 0 Å². The normalized spacial score (nSPS) is 17.3. The lowest BCUT2D eigenvalue weighted by molar-refractivity contribution is 0.00196. The number of hydrogen-bond acceptors (Lipinski definition) is 4. The molecule has 0 aliphatic heterocycles. The minimum absolute atomic E-state index is 0.105. The molecular formula is C23H28ClNO4. The number of rotatable bonds is 4. The van der Waals surface area contributed by atoms with Crippen LogP contribution in [0.1, 0.15) is 50.0 Å². The zero-order valence-corrected chi connectivity index (χ0v) is 17.8. The highest BCUT2D eigenvalue weighted by Crippen LogP contribution is 2.30. The Labute approximate surface area is 176 Å². The van der Waals surface area contributed by atoms with E-state index in [4.69, 9.17) is 16.3 Å². The second kappa shape index (κ2) is 8.64. The zero-order chi connectivity index (χ0) is 21.2. The van der Waals surface area contributed by atoms with Crippen LogP contribution in [-0.2, 0) is 17.6 Å². The highest BCUT2D eigenvalue weighted by atomic mass is 35.5. The number of phenolic OH excluding ortho intramolecular Hbond substituents is 1. The van der Waals surface area contributed by atoms with Gasteiger partial charge >= 0.3 is 6.09 Å². The molecule has 0 spiro atoms. The lowest BCUT2D eigenvalue weighted by Gasteiger charge is -2.37. The first-order valence-electron chi connectivity index (χ1n) is 9.86. The van der Waals surface area contributed by atoms with Crippen molar-refractivity contribution >= 4 is 17.7 Å². The number of aromatic hydroxyl groups is 1. The van der Waals surface area contributed by atoms with Gasteiger partial charge in [-0.3, -0.25) is 0 Å². The van der Waals surface area contributed by atoms with Crippen molar-refractivity contribution in [2.45, 2.75) is 57.8 Å². The summed E-state index contributed by atoms with van der Waals surface area (Å²) in [4.78, 5) is 14.6. The van der Waals surface area contributed by atoms with Gasteiger partial charge in [0.1, 0.15) is 11.4 Å². The van der Waals surface area contributed by atoms with E-state index in [-0.39, 0.29) is 18.3 Å². The largest absolute Gasteiger partial charge is 0.508 e. The van der Waals surface area contributed by atoms with Gasteiger partial charge in [0.2, 0.25) is 0 Å². The van der Waals surface area contributed by atoms with Gasteiger partial charge in [0.05, 0.1) is 12.6 Å². The van der Waals surface area contributed by atoms with Crippen molar-refractivity contribution in [1.29, 1.82) is 0 Å². The molecule has 0 heterocycles. The molecule has 6 heteroatoms. The van der Waals surface area contributed by atoms with Gasteiger partial charge < -0.3 is 19.8 Å². The van der Waals surface area contributed by atoms with Gasteiger partial charge in [0.15, 0.2) is 0 Å². The topological polar surface area (TPSA) is 70.0 Å². The second-order valence-corrected chi connectivity index (χ2v) is 8.99. The Morgan fingerprint density at radius 1 is 1.24 bits per heavy atom. The van der Waals surface area contributed by atoms with E-state index in [1.54, 1.807) is 41.3 Å². The Morgan fingerprint density at radius 3 is 2.69 bits per heavy atom. The number of fused-ring (bicyclic) bond motifs is 1. The summed E-state index contributed by atoms with van der Waals surface area (Å²) >= 11 is 6.05. The first kappa shape index (κ1) is 21.5. The lowest BCUT2D eigenvalue weighted by Crippen LogP contribution is -2.47. The monoisotopic (exact) mass is 417 g/mol. The first-order chi connectivity index (χ1) is 13.6. The molecule has 1 aliphatic carbocycles. The fraction of sp³-hybridized carbons (Fsp3) is 0.435. The number of aliphatic hydroxyl groups is 1. The van der Waals surface area contributed by atoms with Crippen LogP contribution in [-0.4, -0.2) is 39.4 Å². The van der Waals surface area contributed by atoms with E-state index in [1.165, 1.54) is 5.56 Å². The van der Waals surface area contributed by atoms with Crippen LogP contribution in [0.4, 0.5) is 4.79 Å². The predicted octanol–water partition coefficient (Wildman–Crippen LogP) is 4.87. The number of ether oxygens (including phenoxy) is 1. The van der Waals surface area contributed by atoms with Crippen molar-refractivity contribution in [3.05, 3.63) is 64.2 Å². The van der Waals surface area contributed by atoms with Crippen LogP contribution < -0.4 is 0 Å². The fourth-order valence-electron chi connectivity index (χ4n) is 3.69. The summed E-state index contributed by atoms with van der Waals surface area (Å²) in [6.07, 6.45) is 0.830. The van der Waals surface area contributed by atoms with E-state index in [0.717, 1.165) is 18.4 Å². The number of phenols is 1. The molecule has 2 aromatic carbocycles. The number of aliphatic hydroxyl groups excluding tert-OH is 1. The average molecular weight is 418 g/mol. The number of carbonyl (C=O) groups is 1. The molecule has 0 bridgehead atoms. The SMILES string of the molecule is CC(C)(C)OC(=O)N(C[C@@H](O)c1cccc(Cl)c1)[C@@H]1CCc2ccc(O)cc2C1. The van der Waals surface area contributed by atoms with E-state index >= 15 is 0 Å². The van der Waals surface area contributed by atoms with Crippen LogP contribution >= 0.6 is 11.6 Å². The maximum absolute atomic E-state index is 13.0. The zero-order valence-electron chi connectivity index (χ0n) is 17.1. The summed E-state index contributed by atoms with van der Waals surface area (Å²) in [5.74, 6) is 0.215. The van der Waals surface area contributed by atoms with Crippen molar-refractivity contribution in [3.8, 4) is 5.75 Å². The first-order valence-corrected chi connectivity index (χ1v) is 10.2. The predicted molar refractivity (Wildman–Crippen MR) is 113 cm³/mol. The minimum Gasteiger partial charge on any atom is -0.508 e. The lowest BCUT2D eigenvalue weighted by atomic mass is 9.87. The van der Waals surface area contributed by atoms with Crippen LogP contribution in [0.3, 0.4) is 0 Å². The van der Waals surface area contributed by atoms with Crippen molar-refractivity contribution in [1.82, 2.24) is 4.90 Å².